The summed E-state index contributed by atoms with van der Waals surface area (Å²) in [6.07, 6.45) is 1.55. The number of benzene rings is 2. The molecule has 0 spiro atoms. The third-order valence-corrected chi connectivity index (χ3v) is 6.04. The number of carbonyl (C=O) groups excluding carboxylic acids is 2. The van der Waals surface area contributed by atoms with E-state index in [0.717, 1.165) is 31.7 Å². The monoisotopic (exact) mass is 442 g/mol. The first-order chi connectivity index (χ1) is 16.2. The fraction of sp³-hybridized carbons (Fsp3) is 0.280. The molecule has 3 heterocycles. The molecule has 1 saturated heterocycles. The molecule has 0 aliphatic carbocycles. The quantitative estimate of drug-likeness (QED) is 0.669. The first-order valence-electron chi connectivity index (χ1n) is 11.3. The first kappa shape index (κ1) is 21.2. The van der Waals surface area contributed by atoms with Crippen LogP contribution < -0.4 is 15.1 Å². The van der Waals surface area contributed by atoms with E-state index in [4.69, 9.17) is 4.98 Å². The maximum atomic E-state index is 13.8. The zero-order valence-corrected chi connectivity index (χ0v) is 18.6. The molecular formula is C25H26N6O2. The van der Waals surface area contributed by atoms with Gasteiger partial charge in [0.05, 0.1) is 17.9 Å². The summed E-state index contributed by atoms with van der Waals surface area (Å²) in [6, 6.07) is 17.1. The smallest absolute Gasteiger partial charge is 0.263 e. The molecule has 1 fully saturated rings. The Balaban J connectivity index is 1.66. The van der Waals surface area contributed by atoms with Gasteiger partial charge in [-0.15, -0.1) is 0 Å². The number of para-hydroxylation sites is 2. The van der Waals surface area contributed by atoms with Crippen molar-refractivity contribution in [2.24, 2.45) is 0 Å². The van der Waals surface area contributed by atoms with Crippen molar-refractivity contribution in [3.05, 3.63) is 66.4 Å². The highest BCUT2D eigenvalue weighted by Crippen LogP contribution is 2.40. The third-order valence-electron chi connectivity index (χ3n) is 6.04. The predicted octanol–water partition coefficient (Wildman–Crippen LogP) is 2.69. The summed E-state index contributed by atoms with van der Waals surface area (Å²) >= 11 is 0. The summed E-state index contributed by atoms with van der Waals surface area (Å²) in [6.45, 7) is 5.94. The third kappa shape index (κ3) is 3.99. The molecule has 0 atom stereocenters. The SMILES string of the molecule is CCN1C(=O)c2cnc(-c3ccccc3)nc2N(C(=O)CN2CCNCC2)c2ccccc21. The average molecular weight is 443 g/mol. The van der Waals surface area contributed by atoms with Crippen molar-refractivity contribution in [1.82, 2.24) is 20.2 Å². The van der Waals surface area contributed by atoms with Gasteiger partial charge in [0.1, 0.15) is 5.56 Å². The van der Waals surface area contributed by atoms with Crippen molar-refractivity contribution in [2.45, 2.75) is 6.92 Å². The molecule has 3 aromatic rings. The number of nitrogens with zero attached hydrogens (tertiary/aromatic N) is 5. The normalized spacial score (nSPS) is 16.2. The number of aromatic nitrogens is 2. The van der Waals surface area contributed by atoms with Gasteiger partial charge in [-0.2, -0.15) is 0 Å². The molecule has 0 radical (unpaired) electrons. The van der Waals surface area contributed by atoms with Crippen LogP contribution in [0.1, 0.15) is 17.3 Å². The van der Waals surface area contributed by atoms with E-state index >= 15 is 0 Å². The second-order valence-corrected chi connectivity index (χ2v) is 8.09. The van der Waals surface area contributed by atoms with Gasteiger partial charge in [-0.1, -0.05) is 42.5 Å². The number of fused-ring (bicyclic) bond motifs is 2. The Labute approximate surface area is 192 Å². The maximum absolute atomic E-state index is 13.8. The molecule has 2 amide bonds. The largest absolute Gasteiger partial charge is 0.314 e. The zero-order valence-electron chi connectivity index (χ0n) is 18.6. The van der Waals surface area contributed by atoms with E-state index in [2.05, 4.69) is 15.2 Å². The first-order valence-corrected chi connectivity index (χ1v) is 11.3. The van der Waals surface area contributed by atoms with Crippen LogP contribution in [0.4, 0.5) is 17.2 Å². The lowest BCUT2D eigenvalue weighted by Gasteiger charge is -2.30. The van der Waals surface area contributed by atoms with Gasteiger partial charge in [-0.25, -0.2) is 9.97 Å². The molecule has 2 aromatic carbocycles. The summed E-state index contributed by atoms with van der Waals surface area (Å²) in [7, 11) is 0. The maximum Gasteiger partial charge on any atom is 0.263 e. The number of hydrogen-bond donors (Lipinski definition) is 1. The molecule has 0 saturated carbocycles. The molecule has 168 valence electrons. The molecule has 5 rings (SSSR count). The second-order valence-electron chi connectivity index (χ2n) is 8.09. The molecule has 8 heteroatoms. The van der Waals surface area contributed by atoms with Crippen LogP contribution in [-0.2, 0) is 4.79 Å². The van der Waals surface area contributed by atoms with Gasteiger partial charge in [0, 0.05) is 44.5 Å². The molecule has 8 nitrogen and oxygen atoms in total. The Morgan fingerprint density at radius 1 is 1.00 bits per heavy atom. The second kappa shape index (κ2) is 9.09. The van der Waals surface area contributed by atoms with Crippen LogP contribution in [0.5, 0.6) is 0 Å². The minimum Gasteiger partial charge on any atom is -0.314 e. The van der Waals surface area contributed by atoms with E-state index in [1.807, 2.05) is 61.5 Å². The van der Waals surface area contributed by atoms with Gasteiger partial charge >= 0.3 is 0 Å². The van der Waals surface area contributed by atoms with E-state index < -0.39 is 0 Å². The van der Waals surface area contributed by atoms with Crippen LogP contribution in [0.3, 0.4) is 0 Å². The lowest BCUT2D eigenvalue weighted by Crippen LogP contribution is -2.48. The standard InChI is InChI=1S/C25H26N6O2/c1-2-30-20-10-6-7-11-21(20)31(22(32)17-29-14-12-26-13-15-29)24-19(25(30)33)16-27-23(28-24)18-8-4-3-5-9-18/h3-11,16,26H,2,12-15,17H2,1H3. The van der Waals surface area contributed by atoms with Crippen molar-refractivity contribution in [2.75, 3.05) is 49.1 Å². The van der Waals surface area contributed by atoms with Gasteiger partial charge in [-0.05, 0) is 19.1 Å². The highest BCUT2D eigenvalue weighted by molar-refractivity contribution is 6.18. The molecule has 2 aliphatic heterocycles. The van der Waals surface area contributed by atoms with Crippen molar-refractivity contribution >= 4 is 29.0 Å². The van der Waals surface area contributed by atoms with E-state index in [0.29, 0.717) is 35.1 Å². The Morgan fingerprint density at radius 3 is 2.42 bits per heavy atom. The van der Waals surface area contributed by atoms with Crippen molar-refractivity contribution in [1.29, 1.82) is 0 Å². The summed E-state index contributed by atoms with van der Waals surface area (Å²) in [5.74, 6) is 0.480. The lowest BCUT2D eigenvalue weighted by molar-refractivity contribution is -0.119. The fourth-order valence-electron chi connectivity index (χ4n) is 4.37. The molecule has 0 bridgehead atoms. The van der Waals surface area contributed by atoms with Gasteiger partial charge in [0.15, 0.2) is 11.6 Å². The number of anilines is 3. The van der Waals surface area contributed by atoms with Crippen LogP contribution in [0.2, 0.25) is 0 Å². The number of hydrogen-bond acceptors (Lipinski definition) is 6. The highest BCUT2D eigenvalue weighted by atomic mass is 16.2. The summed E-state index contributed by atoms with van der Waals surface area (Å²) < 4.78 is 0. The molecule has 2 aliphatic rings. The molecular weight excluding hydrogens is 416 g/mol. The van der Waals surface area contributed by atoms with Crippen molar-refractivity contribution in [3.63, 3.8) is 0 Å². The topological polar surface area (TPSA) is 81.7 Å². The minimum atomic E-state index is -0.211. The van der Waals surface area contributed by atoms with E-state index in [1.54, 1.807) is 16.0 Å². The fourth-order valence-corrected chi connectivity index (χ4v) is 4.37. The van der Waals surface area contributed by atoms with E-state index in [-0.39, 0.29) is 18.4 Å². The van der Waals surface area contributed by atoms with Crippen molar-refractivity contribution < 1.29 is 9.59 Å². The van der Waals surface area contributed by atoms with Crippen LogP contribution in [-0.4, -0.2) is 66.0 Å². The minimum absolute atomic E-state index is 0.117. The van der Waals surface area contributed by atoms with Gasteiger partial charge in [0.2, 0.25) is 5.91 Å². The average Bonchev–Trinajstić information content (AvgIpc) is 2.96. The van der Waals surface area contributed by atoms with Gasteiger partial charge in [-0.3, -0.25) is 19.4 Å². The van der Waals surface area contributed by atoms with Gasteiger partial charge < -0.3 is 10.2 Å². The van der Waals surface area contributed by atoms with Crippen LogP contribution >= 0.6 is 0 Å². The van der Waals surface area contributed by atoms with Gasteiger partial charge in [0.25, 0.3) is 5.91 Å². The van der Waals surface area contributed by atoms with Crippen LogP contribution in [0.25, 0.3) is 11.4 Å². The number of piperazine rings is 1. The molecule has 33 heavy (non-hydrogen) atoms. The number of amides is 2. The van der Waals surface area contributed by atoms with Crippen LogP contribution in [0, 0.1) is 0 Å². The molecule has 1 aromatic heterocycles. The highest BCUT2D eigenvalue weighted by Gasteiger charge is 2.35. The van der Waals surface area contributed by atoms with Crippen LogP contribution in [0.15, 0.2) is 60.8 Å². The molecule has 0 unspecified atom stereocenters. The van der Waals surface area contributed by atoms with Crippen molar-refractivity contribution in [3.8, 4) is 11.4 Å². The number of nitrogens with one attached hydrogen (secondary N) is 1. The Kier molecular flexibility index (Phi) is 5.85. The number of rotatable bonds is 4. The predicted molar refractivity (Wildman–Crippen MR) is 128 cm³/mol. The molecule has 1 N–H and O–H groups in total. The summed E-state index contributed by atoms with van der Waals surface area (Å²) in [5, 5.41) is 3.32. The summed E-state index contributed by atoms with van der Waals surface area (Å²) in [4.78, 5) is 42.0. The number of carbonyl (C=O) groups is 2. The van der Waals surface area contributed by atoms with E-state index in [9.17, 15) is 9.59 Å². The zero-order chi connectivity index (χ0) is 22.8. The Bertz CT molecular complexity index is 1180. The summed E-state index contributed by atoms with van der Waals surface area (Å²) in [5.41, 5.74) is 2.50. The Morgan fingerprint density at radius 2 is 1.70 bits per heavy atom. The lowest BCUT2D eigenvalue weighted by atomic mass is 10.2. The Hall–Kier alpha value is -3.62. The van der Waals surface area contributed by atoms with E-state index in [1.165, 1.54) is 0 Å².